The molecule has 1 aromatic carbocycles. The van der Waals surface area contributed by atoms with E-state index in [0.29, 0.717) is 0 Å². The molecule has 0 atom stereocenters. The van der Waals surface area contributed by atoms with Crippen LogP contribution in [0.1, 0.15) is 19.4 Å². The van der Waals surface area contributed by atoms with Gasteiger partial charge in [0, 0.05) is 12.2 Å². The molecule has 0 aliphatic carbocycles. The summed E-state index contributed by atoms with van der Waals surface area (Å²) in [7, 11) is 0. The minimum Gasteiger partial charge on any atom is -0.419 e. The van der Waals surface area contributed by atoms with Crippen molar-refractivity contribution in [2.24, 2.45) is 0 Å². The van der Waals surface area contributed by atoms with Crippen molar-refractivity contribution in [1.29, 1.82) is 0 Å². The lowest BCUT2D eigenvalue weighted by Crippen LogP contribution is -2.09. The Morgan fingerprint density at radius 3 is 2.00 bits per heavy atom. The smallest absolute Gasteiger partial charge is 0.335 e. The minimum absolute atomic E-state index is 0.214. The van der Waals surface area contributed by atoms with Crippen LogP contribution in [0.2, 0.25) is 0 Å². The first-order valence-corrected chi connectivity index (χ1v) is 5.86. The molecule has 4 heteroatoms. The molecule has 0 unspecified atom stereocenters. The third kappa shape index (κ3) is 4.79. The minimum atomic E-state index is -0.519. The number of allylic oxidation sites excluding steroid dienone is 2. The van der Waals surface area contributed by atoms with Crippen molar-refractivity contribution in [3.63, 3.8) is 0 Å². The van der Waals surface area contributed by atoms with Crippen LogP contribution in [0.25, 0.3) is 0 Å². The summed E-state index contributed by atoms with van der Waals surface area (Å²) in [5.74, 6) is -0.598. The topological polar surface area (TPSA) is 52.6 Å². The molecule has 0 radical (unpaired) electrons. The van der Waals surface area contributed by atoms with E-state index in [4.69, 9.17) is 9.47 Å². The van der Waals surface area contributed by atoms with Crippen molar-refractivity contribution in [2.75, 3.05) is 0 Å². The molecule has 0 aliphatic rings. The summed E-state index contributed by atoms with van der Waals surface area (Å²) in [6, 6.07) is 5.00. The molecule has 0 N–H and O–H groups in total. The van der Waals surface area contributed by atoms with Gasteiger partial charge in [0.25, 0.3) is 0 Å². The lowest BCUT2D eigenvalue weighted by Gasteiger charge is -2.09. The van der Waals surface area contributed by atoms with Gasteiger partial charge in [-0.3, -0.25) is 0 Å². The summed E-state index contributed by atoms with van der Waals surface area (Å²) in [5.41, 5.74) is 0.897. The van der Waals surface area contributed by atoms with Crippen molar-refractivity contribution >= 4 is 11.9 Å². The number of hydrogen-bond acceptors (Lipinski definition) is 4. The molecule has 0 aliphatic heterocycles. The Bertz CT molecular complexity index is 527. The van der Waals surface area contributed by atoms with E-state index >= 15 is 0 Å². The van der Waals surface area contributed by atoms with Gasteiger partial charge in [0.2, 0.25) is 0 Å². The molecule has 1 rings (SSSR count). The van der Waals surface area contributed by atoms with Crippen molar-refractivity contribution in [3.8, 4) is 11.5 Å². The highest BCUT2D eigenvalue weighted by Crippen LogP contribution is 2.28. The first kappa shape index (κ1) is 14.7. The van der Waals surface area contributed by atoms with Gasteiger partial charge in [0.05, 0.1) is 0 Å². The molecular formula is C15H16O4. The third-order valence-corrected chi connectivity index (χ3v) is 2.13. The molecule has 4 nitrogen and oxygen atoms in total. The van der Waals surface area contributed by atoms with Crippen LogP contribution >= 0.6 is 0 Å². The fraction of sp³-hybridized carbons (Fsp3) is 0.200. The summed E-state index contributed by atoms with van der Waals surface area (Å²) in [5, 5.41) is 0. The number of carbonyl (C=O) groups is 2. The highest BCUT2D eigenvalue weighted by molar-refractivity contribution is 5.86. The maximum Gasteiger partial charge on any atom is 0.335 e. The maximum atomic E-state index is 11.4. The molecule has 0 saturated heterocycles. The van der Waals surface area contributed by atoms with Crippen LogP contribution in [-0.4, -0.2) is 11.9 Å². The fourth-order valence-electron chi connectivity index (χ4n) is 1.34. The third-order valence-electron chi connectivity index (χ3n) is 2.13. The van der Waals surface area contributed by atoms with Gasteiger partial charge in [-0.2, -0.15) is 0 Å². The number of esters is 2. The number of aryl methyl sites for hydroxylation is 1. The average molecular weight is 260 g/mol. The zero-order valence-electron chi connectivity index (χ0n) is 11.2. The molecule has 1 aromatic rings. The predicted octanol–water partition coefficient (Wildman–Crippen LogP) is 2.96. The lowest BCUT2D eigenvalue weighted by atomic mass is 10.2. The van der Waals surface area contributed by atoms with Crippen LogP contribution in [0.5, 0.6) is 11.5 Å². The Kier molecular flexibility index (Phi) is 5.54. The fourth-order valence-corrected chi connectivity index (χ4v) is 1.34. The standard InChI is InChI=1S/C15H16O4/c1-4-6-14(16)18-12-9-8-11(3)10-13(12)19-15(17)7-5-2/h4-10H,1-3H3/b6-4+,7-5+. The predicted molar refractivity (Wildman–Crippen MR) is 72.1 cm³/mol. The summed E-state index contributed by atoms with van der Waals surface area (Å²) in [6.45, 7) is 5.28. The molecule has 0 fully saturated rings. The molecule has 0 spiro atoms. The normalized spacial score (nSPS) is 10.9. The monoisotopic (exact) mass is 260 g/mol. The van der Waals surface area contributed by atoms with Gasteiger partial charge in [0.15, 0.2) is 11.5 Å². The number of benzene rings is 1. The Morgan fingerprint density at radius 2 is 1.47 bits per heavy atom. The molecule has 0 heterocycles. The first-order chi connectivity index (χ1) is 9.06. The number of ether oxygens (including phenoxy) is 2. The van der Waals surface area contributed by atoms with Crippen LogP contribution < -0.4 is 9.47 Å². The second-order valence-corrected chi connectivity index (χ2v) is 3.79. The van der Waals surface area contributed by atoms with Gasteiger partial charge in [-0.25, -0.2) is 9.59 Å². The van der Waals surface area contributed by atoms with E-state index in [9.17, 15) is 9.59 Å². The van der Waals surface area contributed by atoms with Crippen LogP contribution in [0, 0.1) is 6.92 Å². The number of rotatable bonds is 4. The lowest BCUT2D eigenvalue weighted by molar-refractivity contribution is -0.131. The van der Waals surface area contributed by atoms with Crippen LogP contribution in [0.3, 0.4) is 0 Å². The van der Waals surface area contributed by atoms with Crippen molar-refractivity contribution in [3.05, 3.63) is 48.1 Å². The van der Waals surface area contributed by atoms with E-state index < -0.39 is 11.9 Å². The first-order valence-electron chi connectivity index (χ1n) is 5.86. The average Bonchev–Trinajstić information content (AvgIpc) is 2.33. The zero-order chi connectivity index (χ0) is 14.3. The number of hydrogen-bond donors (Lipinski definition) is 0. The Labute approximate surface area is 112 Å². The SMILES string of the molecule is C/C=C/C(=O)Oc1ccc(C)cc1OC(=O)/C=C/C. The van der Waals surface area contributed by atoms with E-state index in [1.807, 2.05) is 6.92 Å². The zero-order valence-corrected chi connectivity index (χ0v) is 11.2. The Morgan fingerprint density at radius 1 is 0.947 bits per heavy atom. The van der Waals surface area contributed by atoms with E-state index in [0.717, 1.165) is 5.56 Å². The molecule has 19 heavy (non-hydrogen) atoms. The largest absolute Gasteiger partial charge is 0.419 e. The summed E-state index contributed by atoms with van der Waals surface area (Å²) >= 11 is 0. The molecular weight excluding hydrogens is 244 g/mol. The second kappa shape index (κ2) is 7.16. The van der Waals surface area contributed by atoms with Gasteiger partial charge in [-0.05, 0) is 38.5 Å². The molecule has 0 saturated carbocycles. The second-order valence-electron chi connectivity index (χ2n) is 3.79. The van der Waals surface area contributed by atoms with Gasteiger partial charge in [-0.1, -0.05) is 18.2 Å². The van der Waals surface area contributed by atoms with Crippen molar-refractivity contribution < 1.29 is 19.1 Å². The Balaban J connectivity index is 2.97. The van der Waals surface area contributed by atoms with E-state index in [1.165, 1.54) is 12.2 Å². The highest BCUT2D eigenvalue weighted by Gasteiger charge is 2.11. The maximum absolute atomic E-state index is 11.4. The highest BCUT2D eigenvalue weighted by atomic mass is 16.6. The quantitative estimate of drug-likeness (QED) is 0.474. The summed E-state index contributed by atoms with van der Waals surface area (Å²) in [6.07, 6.45) is 5.73. The van der Waals surface area contributed by atoms with E-state index in [1.54, 1.807) is 44.2 Å². The van der Waals surface area contributed by atoms with Crippen molar-refractivity contribution in [1.82, 2.24) is 0 Å². The van der Waals surface area contributed by atoms with E-state index in [2.05, 4.69) is 0 Å². The molecule has 0 amide bonds. The van der Waals surface area contributed by atoms with E-state index in [-0.39, 0.29) is 11.5 Å². The molecule has 0 bridgehead atoms. The summed E-state index contributed by atoms with van der Waals surface area (Å²) in [4.78, 5) is 22.8. The van der Waals surface area contributed by atoms with Gasteiger partial charge in [-0.15, -0.1) is 0 Å². The van der Waals surface area contributed by atoms with Crippen LogP contribution in [0.4, 0.5) is 0 Å². The van der Waals surface area contributed by atoms with Gasteiger partial charge < -0.3 is 9.47 Å². The number of carbonyl (C=O) groups excluding carboxylic acids is 2. The van der Waals surface area contributed by atoms with Gasteiger partial charge in [0.1, 0.15) is 0 Å². The molecule has 0 aromatic heterocycles. The Hall–Kier alpha value is -2.36. The van der Waals surface area contributed by atoms with Crippen LogP contribution in [-0.2, 0) is 9.59 Å². The van der Waals surface area contributed by atoms with Crippen LogP contribution in [0.15, 0.2) is 42.5 Å². The molecule has 100 valence electrons. The van der Waals surface area contributed by atoms with Crippen molar-refractivity contribution in [2.45, 2.75) is 20.8 Å². The van der Waals surface area contributed by atoms with Gasteiger partial charge >= 0.3 is 11.9 Å². The summed E-state index contributed by atoms with van der Waals surface area (Å²) < 4.78 is 10.2.